The Morgan fingerprint density at radius 1 is 0.966 bits per heavy atom. The third-order valence-corrected chi connectivity index (χ3v) is 5.98. The van der Waals surface area contributed by atoms with Crippen molar-refractivity contribution >= 4 is 35.0 Å². The second-order valence-electron chi connectivity index (χ2n) is 7.42. The Hall–Kier alpha value is -1.95. The Morgan fingerprint density at radius 2 is 1.55 bits per heavy atom. The summed E-state index contributed by atoms with van der Waals surface area (Å²) in [4.78, 5) is 28.8. The van der Waals surface area contributed by atoms with E-state index < -0.39 is 5.69 Å². The van der Waals surface area contributed by atoms with Gasteiger partial charge in [0, 0.05) is 14.9 Å². The predicted molar refractivity (Wildman–Crippen MR) is 121 cm³/mol. The van der Waals surface area contributed by atoms with Crippen molar-refractivity contribution in [3.63, 3.8) is 0 Å². The predicted octanol–water partition coefficient (Wildman–Crippen LogP) is 5.78. The molecule has 0 aliphatic carbocycles. The summed E-state index contributed by atoms with van der Waals surface area (Å²) >= 11 is 13.7. The lowest BCUT2D eigenvalue weighted by atomic mass is 10.1. The van der Waals surface area contributed by atoms with Gasteiger partial charge in [0.05, 0.1) is 17.1 Å². The molecular weight excluding hydrogens is 427 g/mol. The summed E-state index contributed by atoms with van der Waals surface area (Å²) in [7, 11) is 0. The number of halogens is 2. The highest BCUT2D eigenvalue weighted by Crippen LogP contribution is 2.33. The van der Waals surface area contributed by atoms with Crippen molar-refractivity contribution in [2.45, 2.75) is 50.1 Å². The Kier molecular flexibility index (Phi) is 6.62. The van der Waals surface area contributed by atoms with Gasteiger partial charge in [0.2, 0.25) is 0 Å². The molecule has 0 unspecified atom stereocenters. The number of aryl methyl sites for hydroxylation is 2. The van der Waals surface area contributed by atoms with Crippen LogP contribution in [0.3, 0.4) is 0 Å². The lowest BCUT2D eigenvalue weighted by molar-refractivity contribution is 0.617. The lowest BCUT2D eigenvalue weighted by Gasteiger charge is -2.18. The maximum Gasteiger partial charge on any atom is 0.329 e. The van der Waals surface area contributed by atoms with Gasteiger partial charge in [-0.1, -0.05) is 54.9 Å². The molecule has 4 nitrogen and oxygen atoms in total. The minimum atomic E-state index is -0.456. The summed E-state index contributed by atoms with van der Waals surface area (Å²) < 4.78 is 1.58. The molecule has 0 fully saturated rings. The van der Waals surface area contributed by atoms with E-state index in [-0.39, 0.29) is 18.0 Å². The number of benzene rings is 2. The maximum absolute atomic E-state index is 12.8. The number of aromatic amines is 1. The zero-order valence-corrected chi connectivity index (χ0v) is 19.0. The number of aromatic nitrogens is 2. The van der Waals surface area contributed by atoms with E-state index in [2.05, 4.69) is 11.1 Å². The minimum Gasteiger partial charge on any atom is -0.283 e. The molecule has 152 valence electrons. The molecule has 0 spiro atoms. The number of rotatable bonds is 5. The second kappa shape index (κ2) is 8.82. The number of hydrogen-bond acceptors (Lipinski definition) is 3. The zero-order chi connectivity index (χ0) is 21.3. The standard InChI is InChI=1S/C22H22Cl2N2O2S/c1-12(2)19-20(27)25-22(28)26(11-15-8-16(23)10-17(24)9-15)21(19)29-18-6-13(3)5-14(4)7-18/h5-10,12H,11H2,1-4H3,(H,25,27,28). The van der Waals surface area contributed by atoms with Crippen molar-refractivity contribution in [1.29, 1.82) is 0 Å². The molecule has 3 rings (SSSR count). The van der Waals surface area contributed by atoms with Gasteiger partial charge in [-0.05, 0) is 66.8 Å². The Balaban J connectivity index is 2.20. The molecule has 7 heteroatoms. The van der Waals surface area contributed by atoms with Crippen LogP contribution in [-0.4, -0.2) is 9.55 Å². The molecule has 1 heterocycles. The van der Waals surface area contributed by atoms with E-state index in [1.165, 1.54) is 11.8 Å². The van der Waals surface area contributed by atoms with Crippen molar-refractivity contribution in [2.75, 3.05) is 0 Å². The molecule has 2 aromatic carbocycles. The van der Waals surface area contributed by atoms with Crippen molar-refractivity contribution in [3.8, 4) is 0 Å². The first kappa shape index (κ1) is 21.8. The van der Waals surface area contributed by atoms with E-state index in [0.29, 0.717) is 20.6 Å². The highest BCUT2D eigenvalue weighted by Gasteiger charge is 2.19. The number of H-pyrrole nitrogens is 1. The number of nitrogens with one attached hydrogen (secondary N) is 1. The smallest absolute Gasteiger partial charge is 0.283 e. The first-order valence-corrected chi connectivity index (χ1v) is 10.8. The molecule has 1 N–H and O–H groups in total. The Bertz CT molecular complexity index is 1140. The molecule has 29 heavy (non-hydrogen) atoms. The third-order valence-electron chi connectivity index (χ3n) is 4.44. The van der Waals surface area contributed by atoms with Crippen LogP contribution in [0, 0.1) is 13.8 Å². The van der Waals surface area contributed by atoms with Crippen LogP contribution < -0.4 is 11.2 Å². The van der Waals surface area contributed by atoms with Gasteiger partial charge in [-0.3, -0.25) is 14.3 Å². The average Bonchev–Trinajstić information content (AvgIpc) is 2.56. The molecule has 0 saturated heterocycles. The summed E-state index contributed by atoms with van der Waals surface area (Å²) in [6.45, 7) is 8.20. The van der Waals surface area contributed by atoms with Crippen LogP contribution in [0.2, 0.25) is 10.0 Å². The lowest BCUT2D eigenvalue weighted by Crippen LogP contribution is -2.34. The van der Waals surface area contributed by atoms with Crippen LogP contribution in [0.1, 0.15) is 42.0 Å². The van der Waals surface area contributed by atoms with E-state index in [1.54, 1.807) is 22.8 Å². The molecule has 0 amide bonds. The highest BCUT2D eigenvalue weighted by atomic mass is 35.5. The molecule has 0 radical (unpaired) electrons. The van der Waals surface area contributed by atoms with E-state index in [4.69, 9.17) is 23.2 Å². The van der Waals surface area contributed by atoms with Crippen LogP contribution in [0.4, 0.5) is 0 Å². The quantitative estimate of drug-likeness (QED) is 0.502. The van der Waals surface area contributed by atoms with Crippen molar-refractivity contribution in [1.82, 2.24) is 9.55 Å². The SMILES string of the molecule is Cc1cc(C)cc(Sc2c(C(C)C)c(=O)[nH]c(=O)n2Cc2cc(Cl)cc(Cl)c2)c1. The Labute approximate surface area is 183 Å². The van der Waals surface area contributed by atoms with Gasteiger partial charge in [0.15, 0.2) is 0 Å². The molecular formula is C22H22Cl2N2O2S. The van der Waals surface area contributed by atoms with Gasteiger partial charge < -0.3 is 0 Å². The molecule has 1 aromatic heterocycles. The highest BCUT2D eigenvalue weighted by molar-refractivity contribution is 7.99. The molecule has 3 aromatic rings. The molecule has 0 aliphatic heterocycles. The first-order chi connectivity index (χ1) is 13.6. The van der Waals surface area contributed by atoms with E-state index >= 15 is 0 Å². The fourth-order valence-electron chi connectivity index (χ4n) is 3.32. The van der Waals surface area contributed by atoms with Crippen LogP contribution in [-0.2, 0) is 6.54 Å². The summed E-state index contributed by atoms with van der Waals surface area (Å²) in [5, 5.41) is 1.63. The first-order valence-electron chi connectivity index (χ1n) is 9.22. The van der Waals surface area contributed by atoms with Gasteiger partial charge in [0.1, 0.15) is 0 Å². The largest absolute Gasteiger partial charge is 0.329 e. The number of hydrogen-bond donors (Lipinski definition) is 1. The van der Waals surface area contributed by atoms with Gasteiger partial charge in [-0.15, -0.1) is 0 Å². The van der Waals surface area contributed by atoms with Gasteiger partial charge >= 0.3 is 5.69 Å². The van der Waals surface area contributed by atoms with Crippen molar-refractivity contribution in [2.24, 2.45) is 0 Å². The summed E-state index contributed by atoms with van der Waals surface area (Å²) in [6, 6.07) is 11.4. The third kappa shape index (κ3) is 5.16. The average molecular weight is 449 g/mol. The normalized spacial score (nSPS) is 11.3. The fraction of sp³-hybridized carbons (Fsp3) is 0.273. The molecule has 0 atom stereocenters. The van der Waals surface area contributed by atoms with Crippen molar-refractivity contribution < 1.29 is 0 Å². The van der Waals surface area contributed by atoms with Crippen molar-refractivity contribution in [3.05, 3.63) is 89.5 Å². The monoisotopic (exact) mass is 448 g/mol. The summed E-state index contributed by atoms with van der Waals surface area (Å²) in [5.74, 6) is -0.0537. The maximum atomic E-state index is 12.8. The molecule has 0 bridgehead atoms. The molecule has 0 aliphatic rings. The van der Waals surface area contributed by atoms with Crippen LogP contribution in [0.25, 0.3) is 0 Å². The Morgan fingerprint density at radius 3 is 2.10 bits per heavy atom. The second-order valence-corrected chi connectivity index (χ2v) is 9.36. The topological polar surface area (TPSA) is 54.9 Å². The van der Waals surface area contributed by atoms with E-state index in [1.807, 2.05) is 39.8 Å². The van der Waals surface area contributed by atoms with Crippen LogP contribution >= 0.6 is 35.0 Å². The van der Waals surface area contributed by atoms with Crippen LogP contribution in [0.15, 0.2) is 55.9 Å². The van der Waals surface area contributed by atoms with E-state index in [9.17, 15) is 9.59 Å². The van der Waals surface area contributed by atoms with Gasteiger partial charge in [0.25, 0.3) is 5.56 Å². The minimum absolute atomic E-state index is 0.0537. The van der Waals surface area contributed by atoms with Gasteiger partial charge in [-0.25, -0.2) is 4.79 Å². The zero-order valence-electron chi connectivity index (χ0n) is 16.7. The van der Waals surface area contributed by atoms with Gasteiger partial charge in [-0.2, -0.15) is 0 Å². The van der Waals surface area contributed by atoms with E-state index in [0.717, 1.165) is 21.6 Å². The number of nitrogens with zero attached hydrogens (tertiary/aromatic N) is 1. The van der Waals surface area contributed by atoms with Crippen LogP contribution in [0.5, 0.6) is 0 Å². The molecule has 0 saturated carbocycles. The fourth-order valence-corrected chi connectivity index (χ4v) is 5.30. The summed E-state index contributed by atoms with van der Waals surface area (Å²) in [6.07, 6.45) is 0. The summed E-state index contributed by atoms with van der Waals surface area (Å²) in [5.41, 5.74) is 2.81.